The minimum atomic E-state index is -1.23. The summed E-state index contributed by atoms with van der Waals surface area (Å²) in [5, 5.41) is 9.56. The van der Waals surface area contributed by atoms with Crippen LogP contribution in [0.5, 0.6) is 0 Å². The second kappa shape index (κ2) is 4.90. The molecule has 1 heterocycles. The number of carbonyl (C=O) groups is 1. The Hall–Kier alpha value is -2.07. The zero-order valence-corrected chi connectivity index (χ0v) is 11.2. The van der Waals surface area contributed by atoms with Crippen molar-refractivity contribution in [3.05, 3.63) is 62.5 Å². The smallest absolute Gasteiger partial charge is 0.341 e. The van der Waals surface area contributed by atoms with Crippen molar-refractivity contribution in [2.75, 3.05) is 0 Å². The number of carboxylic acids is 1. The molecule has 98 valence electrons. The summed E-state index contributed by atoms with van der Waals surface area (Å²) in [4.78, 5) is 23.5. The number of aromatic nitrogens is 1. The number of pyridine rings is 1. The van der Waals surface area contributed by atoms with Crippen LogP contribution in [0.1, 0.15) is 21.5 Å². The Morgan fingerprint density at radius 2 is 1.89 bits per heavy atom. The first-order valence-electron chi connectivity index (χ1n) is 5.64. The Balaban J connectivity index is 2.84. The molecule has 1 aromatic heterocycles. The number of aromatic carboxylic acids is 1. The van der Waals surface area contributed by atoms with Gasteiger partial charge in [-0.1, -0.05) is 23.7 Å². The minimum absolute atomic E-state index is 0.222. The van der Waals surface area contributed by atoms with Gasteiger partial charge in [-0.25, -0.2) is 4.79 Å². The Labute approximate surface area is 114 Å². The van der Waals surface area contributed by atoms with Gasteiger partial charge in [-0.15, -0.1) is 0 Å². The third-order valence-electron chi connectivity index (χ3n) is 3.05. The molecule has 0 aliphatic rings. The molecule has 19 heavy (non-hydrogen) atoms. The molecule has 0 saturated carbocycles. The number of hydrogen-bond acceptors (Lipinski definition) is 2. The SMILES string of the molecule is Cc1cn(-c2ccccc2Cl)c(=O)c(C(=O)O)c1C. The van der Waals surface area contributed by atoms with Gasteiger partial charge in [0.05, 0.1) is 10.7 Å². The summed E-state index contributed by atoms with van der Waals surface area (Å²) in [6, 6.07) is 6.81. The lowest BCUT2D eigenvalue weighted by Crippen LogP contribution is -2.27. The molecule has 1 aromatic carbocycles. The van der Waals surface area contributed by atoms with E-state index < -0.39 is 11.5 Å². The van der Waals surface area contributed by atoms with Crippen LogP contribution in [0.2, 0.25) is 5.02 Å². The first-order chi connectivity index (χ1) is 8.93. The van der Waals surface area contributed by atoms with Crippen molar-refractivity contribution in [1.82, 2.24) is 4.57 Å². The number of hydrogen-bond donors (Lipinski definition) is 1. The summed E-state index contributed by atoms with van der Waals surface area (Å²) in [5.74, 6) is -1.23. The molecule has 0 atom stereocenters. The highest BCUT2D eigenvalue weighted by atomic mass is 35.5. The highest BCUT2D eigenvalue weighted by molar-refractivity contribution is 6.32. The number of halogens is 1. The summed E-state index contributed by atoms with van der Waals surface area (Å²) in [6.45, 7) is 3.38. The largest absolute Gasteiger partial charge is 0.477 e. The van der Waals surface area contributed by atoms with E-state index in [0.717, 1.165) is 5.56 Å². The highest BCUT2D eigenvalue weighted by Gasteiger charge is 2.18. The van der Waals surface area contributed by atoms with Gasteiger partial charge in [-0.3, -0.25) is 9.36 Å². The standard InChI is InChI=1S/C14H12ClNO3/c1-8-7-16(11-6-4-3-5-10(11)15)13(17)12(9(8)2)14(18)19/h3-7H,1-2H3,(H,18,19). The van der Waals surface area contributed by atoms with Gasteiger partial charge in [0.1, 0.15) is 5.56 Å². The van der Waals surface area contributed by atoms with Gasteiger partial charge in [-0.2, -0.15) is 0 Å². The van der Waals surface area contributed by atoms with Crippen molar-refractivity contribution in [2.45, 2.75) is 13.8 Å². The highest BCUT2D eigenvalue weighted by Crippen LogP contribution is 2.20. The maximum absolute atomic E-state index is 12.3. The molecular formula is C14H12ClNO3. The van der Waals surface area contributed by atoms with Crippen molar-refractivity contribution >= 4 is 17.6 Å². The molecular weight excluding hydrogens is 266 g/mol. The van der Waals surface area contributed by atoms with E-state index in [4.69, 9.17) is 16.7 Å². The number of aryl methyl sites for hydroxylation is 1. The number of benzene rings is 1. The van der Waals surface area contributed by atoms with E-state index in [-0.39, 0.29) is 5.56 Å². The molecule has 1 N–H and O–H groups in total. The predicted octanol–water partition coefficient (Wildman–Crippen LogP) is 2.81. The van der Waals surface area contributed by atoms with Gasteiger partial charge in [0.25, 0.3) is 5.56 Å². The van der Waals surface area contributed by atoms with Crippen LogP contribution in [0.4, 0.5) is 0 Å². The van der Waals surface area contributed by atoms with Gasteiger partial charge < -0.3 is 5.11 Å². The summed E-state index contributed by atoms with van der Waals surface area (Å²) in [7, 11) is 0. The lowest BCUT2D eigenvalue weighted by molar-refractivity contribution is 0.0693. The Kier molecular flexibility index (Phi) is 3.44. The van der Waals surface area contributed by atoms with E-state index >= 15 is 0 Å². The molecule has 0 unspecified atom stereocenters. The maximum Gasteiger partial charge on any atom is 0.341 e. The Morgan fingerprint density at radius 3 is 2.47 bits per heavy atom. The first-order valence-corrected chi connectivity index (χ1v) is 6.02. The summed E-state index contributed by atoms with van der Waals surface area (Å²) in [5.41, 5.74) is 0.862. The van der Waals surface area contributed by atoms with E-state index in [1.807, 2.05) is 0 Å². The summed E-state index contributed by atoms with van der Waals surface area (Å²) < 4.78 is 1.27. The molecule has 5 heteroatoms. The van der Waals surface area contributed by atoms with Crippen LogP contribution in [-0.2, 0) is 0 Å². The fraction of sp³-hybridized carbons (Fsp3) is 0.143. The second-order valence-corrected chi connectivity index (χ2v) is 4.65. The van der Waals surface area contributed by atoms with Crippen LogP contribution < -0.4 is 5.56 Å². The third kappa shape index (κ3) is 2.27. The van der Waals surface area contributed by atoms with Crippen LogP contribution in [-0.4, -0.2) is 15.6 Å². The predicted molar refractivity (Wildman–Crippen MR) is 73.5 cm³/mol. The normalized spacial score (nSPS) is 10.5. The summed E-state index contributed by atoms with van der Waals surface area (Å²) in [6.07, 6.45) is 1.60. The second-order valence-electron chi connectivity index (χ2n) is 4.24. The molecule has 0 amide bonds. The molecule has 0 fully saturated rings. The molecule has 0 aliphatic heterocycles. The van der Waals surface area contributed by atoms with Crippen molar-refractivity contribution in [3.63, 3.8) is 0 Å². The Morgan fingerprint density at radius 1 is 1.26 bits per heavy atom. The molecule has 0 saturated heterocycles. The van der Waals surface area contributed by atoms with E-state index in [1.165, 1.54) is 4.57 Å². The fourth-order valence-corrected chi connectivity index (χ4v) is 2.13. The van der Waals surface area contributed by atoms with E-state index in [0.29, 0.717) is 16.3 Å². The third-order valence-corrected chi connectivity index (χ3v) is 3.37. The fourth-order valence-electron chi connectivity index (χ4n) is 1.91. The van der Waals surface area contributed by atoms with Gasteiger partial charge >= 0.3 is 5.97 Å². The quantitative estimate of drug-likeness (QED) is 0.918. The number of rotatable bonds is 2. The average Bonchev–Trinajstić information content (AvgIpc) is 2.34. The van der Waals surface area contributed by atoms with Crippen LogP contribution >= 0.6 is 11.6 Å². The Bertz CT molecular complexity index is 719. The van der Waals surface area contributed by atoms with Crippen LogP contribution in [0.15, 0.2) is 35.3 Å². The molecule has 0 aliphatic carbocycles. The topological polar surface area (TPSA) is 59.3 Å². The molecule has 2 aromatic rings. The molecule has 4 nitrogen and oxygen atoms in total. The van der Waals surface area contributed by atoms with Crippen molar-refractivity contribution in [3.8, 4) is 5.69 Å². The lowest BCUT2D eigenvalue weighted by atomic mass is 10.1. The van der Waals surface area contributed by atoms with Crippen molar-refractivity contribution < 1.29 is 9.90 Å². The van der Waals surface area contributed by atoms with Gasteiger partial charge in [0, 0.05) is 6.20 Å². The van der Waals surface area contributed by atoms with Crippen molar-refractivity contribution in [2.24, 2.45) is 0 Å². The summed E-state index contributed by atoms with van der Waals surface area (Å²) >= 11 is 6.05. The van der Waals surface area contributed by atoms with E-state index in [1.54, 1.807) is 44.3 Å². The first kappa shape index (κ1) is 13.4. The van der Waals surface area contributed by atoms with Crippen molar-refractivity contribution in [1.29, 1.82) is 0 Å². The minimum Gasteiger partial charge on any atom is -0.477 e. The van der Waals surface area contributed by atoms with Gasteiger partial charge in [-0.05, 0) is 37.1 Å². The molecule has 0 radical (unpaired) electrons. The zero-order chi connectivity index (χ0) is 14.2. The molecule has 0 spiro atoms. The van der Waals surface area contributed by atoms with Gasteiger partial charge in [0.15, 0.2) is 0 Å². The average molecular weight is 278 g/mol. The van der Waals surface area contributed by atoms with E-state index in [2.05, 4.69) is 0 Å². The lowest BCUT2D eigenvalue weighted by Gasteiger charge is -2.12. The van der Waals surface area contributed by atoms with Crippen LogP contribution in [0.25, 0.3) is 5.69 Å². The van der Waals surface area contributed by atoms with Gasteiger partial charge in [0.2, 0.25) is 0 Å². The maximum atomic E-state index is 12.3. The molecule has 0 bridgehead atoms. The number of nitrogens with zero attached hydrogens (tertiary/aromatic N) is 1. The van der Waals surface area contributed by atoms with E-state index in [9.17, 15) is 9.59 Å². The van der Waals surface area contributed by atoms with Crippen LogP contribution in [0.3, 0.4) is 0 Å². The van der Waals surface area contributed by atoms with Crippen LogP contribution in [0, 0.1) is 13.8 Å². The zero-order valence-electron chi connectivity index (χ0n) is 10.5. The number of carboxylic acid groups (broad SMARTS) is 1. The molecule has 2 rings (SSSR count). The monoisotopic (exact) mass is 277 g/mol. The number of para-hydroxylation sites is 1.